The molecule has 1 unspecified atom stereocenters. The van der Waals surface area contributed by atoms with Gasteiger partial charge in [0.15, 0.2) is 0 Å². The van der Waals surface area contributed by atoms with Gasteiger partial charge in [0, 0.05) is 37.6 Å². The van der Waals surface area contributed by atoms with Crippen molar-refractivity contribution in [3.8, 4) is 0 Å². The minimum Gasteiger partial charge on any atom is -0.261 e. The molecule has 1 aromatic carbocycles. The van der Waals surface area contributed by atoms with Crippen molar-refractivity contribution in [2.24, 2.45) is 0 Å². The van der Waals surface area contributed by atoms with Gasteiger partial charge in [-0.25, -0.2) is 12.8 Å². The topological polar surface area (TPSA) is 63.2 Å². The van der Waals surface area contributed by atoms with E-state index in [0.29, 0.717) is 13.1 Å². The van der Waals surface area contributed by atoms with Crippen molar-refractivity contribution in [2.45, 2.75) is 23.7 Å². The van der Waals surface area contributed by atoms with E-state index in [1.807, 2.05) is 0 Å². The molecule has 3 rings (SSSR count). The Morgan fingerprint density at radius 1 is 1.18 bits per heavy atom. The molecule has 0 aliphatic carbocycles. The lowest BCUT2D eigenvalue weighted by Crippen LogP contribution is -2.39. The van der Waals surface area contributed by atoms with Crippen LogP contribution in [0, 0.1) is 5.82 Å². The molecule has 1 aliphatic rings. The van der Waals surface area contributed by atoms with Crippen LogP contribution in [0.1, 0.15) is 24.5 Å². The first-order valence-corrected chi connectivity index (χ1v) is 8.53. The Hall–Kier alpha value is -1.86. The molecule has 0 bridgehead atoms. The normalized spacial score (nSPS) is 20.0. The lowest BCUT2D eigenvalue weighted by atomic mass is 9.96. The van der Waals surface area contributed by atoms with Gasteiger partial charge in [0.05, 0.1) is 10.6 Å². The second-order valence-electron chi connectivity index (χ2n) is 5.29. The Kier molecular flexibility index (Phi) is 4.17. The van der Waals surface area contributed by atoms with Crippen molar-refractivity contribution in [3.05, 3.63) is 54.4 Å². The molecule has 1 fully saturated rings. The van der Waals surface area contributed by atoms with Gasteiger partial charge in [0.2, 0.25) is 10.0 Å². The van der Waals surface area contributed by atoms with Gasteiger partial charge in [-0.1, -0.05) is 0 Å². The molecule has 1 aromatic heterocycles. The Bertz CT molecular complexity index is 735. The first-order valence-electron chi connectivity index (χ1n) is 7.09. The number of hydrogen-bond donors (Lipinski definition) is 0. The maximum Gasteiger partial charge on any atom is 0.243 e. The molecule has 0 radical (unpaired) electrons. The van der Waals surface area contributed by atoms with Crippen molar-refractivity contribution in [3.63, 3.8) is 0 Å². The van der Waals surface area contributed by atoms with Crippen LogP contribution in [-0.4, -0.2) is 35.8 Å². The van der Waals surface area contributed by atoms with E-state index in [1.165, 1.54) is 16.4 Å². The zero-order chi connectivity index (χ0) is 15.6. The van der Waals surface area contributed by atoms with Crippen LogP contribution in [0.4, 0.5) is 4.39 Å². The standard InChI is InChI=1S/C15H16FN3O2S/c16-13-3-5-14(6-4-13)22(20,21)19-9-1-2-12(11-19)15-10-17-7-8-18-15/h3-8,10,12H,1-2,9,11H2. The van der Waals surface area contributed by atoms with Gasteiger partial charge < -0.3 is 0 Å². The quantitative estimate of drug-likeness (QED) is 0.869. The number of sulfonamides is 1. The Balaban J connectivity index is 1.83. The number of halogens is 1. The number of hydrogen-bond acceptors (Lipinski definition) is 4. The lowest BCUT2D eigenvalue weighted by Gasteiger charge is -2.31. The first-order chi connectivity index (χ1) is 10.6. The molecule has 0 N–H and O–H groups in total. The van der Waals surface area contributed by atoms with Crippen molar-refractivity contribution in [1.29, 1.82) is 0 Å². The molecule has 0 saturated carbocycles. The summed E-state index contributed by atoms with van der Waals surface area (Å²) in [7, 11) is -3.60. The van der Waals surface area contributed by atoms with Crippen molar-refractivity contribution < 1.29 is 12.8 Å². The summed E-state index contributed by atoms with van der Waals surface area (Å²) in [6.45, 7) is 0.842. The summed E-state index contributed by atoms with van der Waals surface area (Å²) in [5.74, 6) is -0.410. The van der Waals surface area contributed by atoms with Gasteiger partial charge in [-0.05, 0) is 37.1 Å². The Labute approximate surface area is 128 Å². The number of benzene rings is 1. The lowest BCUT2D eigenvalue weighted by molar-refractivity contribution is 0.312. The third-order valence-corrected chi connectivity index (χ3v) is 5.72. The summed E-state index contributed by atoms with van der Waals surface area (Å²) >= 11 is 0. The highest BCUT2D eigenvalue weighted by Gasteiger charge is 2.31. The average molecular weight is 321 g/mol. The van der Waals surface area contributed by atoms with E-state index >= 15 is 0 Å². The smallest absolute Gasteiger partial charge is 0.243 e. The third kappa shape index (κ3) is 3.00. The average Bonchev–Trinajstić information content (AvgIpc) is 2.56. The molecule has 2 aromatic rings. The Morgan fingerprint density at radius 3 is 2.64 bits per heavy atom. The predicted molar refractivity (Wildman–Crippen MR) is 79.2 cm³/mol. The second-order valence-corrected chi connectivity index (χ2v) is 7.22. The number of nitrogens with zero attached hydrogens (tertiary/aromatic N) is 3. The molecule has 0 spiro atoms. The highest BCUT2D eigenvalue weighted by Crippen LogP contribution is 2.28. The third-order valence-electron chi connectivity index (χ3n) is 3.84. The summed E-state index contributed by atoms with van der Waals surface area (Å²) in [6.07, 6.45) is 6.54. The Morgan fingerprint density at radius 2 is 1.95 bits per heavy atom. The summed E-state index contributed by atoms with van der Waals surface area (Å²) < 4.78 is 39.7. The van der Waals surface area contributed by atoms with Crippen LogP contribution < -0.4 is 0 Å². The molecule has 0 amide bonds. The zero-order valence-electron chi connectivity index (χ0n) is 11.9. The molecule has 2 heterocycles. The van der Waals surface area contributed by atoms with Gasteiger partial charge >= 0.3 is 0 Å². The number of rotatable bonds is 3. The molecular formula is C15H16FN3O2S. The van der Waals surface area contributed by atoms with Crippen molar-refractivity contribution in [2.75, 3.05) is 13.1 Å². The van der Waals surface area contributed by atoms with E-state index in [-0.39, 0.29) is 10.8 Å². The van der Waals surface area contributed by atoms with Crippen LogP contribution in [0.5, 0.6) is 0 Å². The molecule has 7 heteroatoms. The summed E-state index contributed by atoms with van der Waals surface area (Å²) in [6, 6.07) is 4.93. The van der Waals surface area contributed by atoms with Gasteiger partial charge in [-0.15, -0.1) is 0 Å². The van der Waals surface area contributed by atoms with Crippen LogP contribution in [0.25, 0.3) is 0 Å². The highest BCUT2D eigenvalue weighted by atomic mass is 32.2. The number of aromatic nitrogens is 2. The van der Waals surface area contributed by atoms with E-state index in [2.05, 4.69) is 9.97 Å². The summed E-state index contributed by atoms with van der Waals surface area (Å²) in [4.78, 5) is 8.43. The minimum atomic E-state index is -3.60. The molecule has 5 nitrogen and oxygen atoms in total. The summed E-state index contributed by atoms with van der Waals surface area (Å²) in [5.41, 5.74) is 0.807. The van der Waals surface area contributed by atoms with E-state index in [4.69, 9.17) is 0 Å². The van der Waals surface area contributed by atoms with Crippen LogP contribution in [0.15, 0.2) is 47.8 Å². The highest BCUT2D eigenvalue weighted by molar-refractivity contribution is 7.89. The predicted octanol–water partition coefficient (Wildman–Crippen LogP) is 2.18. The molecule has 1 atom stereocenters. The largest absolute Gasteiger partial charge is 0.261 e. The van der Waals surface area contributed by atoms with E-state index < -0.39 is 15.8 Å². The van der Waals surface area contributed by atoms with Gasteiger partial charge in [-0.3, -0.25) is 9.97 Å². The van der Waals surface area contributed by atoms with Crippen molar-refractivity contribution in [1.82, 2.24) is 14.3 Å². The monoisotopic (exact) mass is 321 g/mol. The first kappa shape index (κ1) is 15.1. The molecule has 22 heavy (non-hydrogen) atoms. The van der Waals surface area contributed by atoms with E-state index in [1.54, 1.807) is 18.6 Å². The fourth-order valence-electron chi connectivity index (χ4n) is 2.68. The maximum absolute atomic E-state index is 13.0. The maximum atomic E-state index is 13.0. The SMILES string of the molecule is O=S(=O)(c1ccc(F)cc1)N1CCCC(c2cnccn2)C1. The van der Waals surface area contributed by atoms with Crippen LogP contribution in [0.2, 0.25) is 0 Å². The molecule has 1 aliphatic heterocycles. The van der Waals surface area contributed by atoms with Crippen LogP contribution in [-0.2, 0) is 10.0 Å². The van der Waals surface area contributed by atoms with Crippen molar-refractivity contribution >= 4 is 10.0 Å². The molecule has 1 saturated heterocycles. The van der Waals surface area contributed by atoms with E-state index in [9.17, 15) is 12.8 Å². The van der Waals surface area contributed by atoms with Gasteiger partial charge in [-0.2, -0.15) is 4.31 Å². The summed E-state index contributed by atoms with van der Waals surface area (Å²) in [5, 5.41) is 0. The number of piperidine rings is 1. The van der Waals surface area contributed by atoms with Gasteiger partial charge in [0.1, 0.15) is 5.82 Å². The fraction of sp³-hybridized carbons (Fsp3) is 0.333. The second kappa shape index (κ2) is 6.10. The van der Waals surface area contributed by atoms with Crippen LogP contribution >= 0.6 is 0 Å². The zero-order valence-corrected chi connectivity index (χ0v) is 12.7. The molecule has 116 valence electrons. The minimum absolute atomic E-state index is 0.0395. The fourth-order valence-corrected chi connectivity index (χ4v) is 4.20. The molecular weight excluding hydrogens is 305 g/mol. The van der Waals surface area contributed by atoms with Crippen LogP contribution in [0.3, 0.4) is 0 Å². The van der Waals surface area contributed by atoms with Gasteiger partial charge in [0.25, 0.3) is 0 Å². The van der Waals surface area contributed by atoms with E-state index in [0.717, 1.165) is 30.7 Å².